The Morgan fingerprint density at radius 1 is 1.09 bits per heavy atom. The average Bonchev–Trinajstić information content (AvgIpc) is 3.02. The number of nitrogens with zero attached hydrogens (tertiary/aromatic N) is 8. The van der Waals surface area contributed by atoms with Crippen molar-refractivity contribution in [3.63, 3.8) is 0 Å². The molecule has 4 heterocycles. The van der Waals surface area contributed by atoms with Gasteiger partial charge in [0, 0.05) is 68.6 Å². The fourth-order valence-electron chi connectivity index (χ4n) is 6.42. The number of halogens is 1. The van der Waals surface area contributed by atoms with Gasteiger partial charge in [-0.15, -0.1) is 0 Å². The summed E-state index contributed by atoms with van der Waals surface area (Å²) in [6, 6.07) is 11.3. The zero-order valence-electron chi connectivity index (χ0n) is 27.4. The Balaban J connectivity index is 1.24. The Hall–Kier alpha value is -3.82. The molecule has 2 aromatic heterocycles. The van der Waals surface area contributed by atoms with E-state index in [-0.39, 0.29) is 6.42 Å². The van der Waals surface area contributed by atoms with Crippen LogP contribution in [0.3, 0.4) is 0 Å². The van der Waals surface area contributed by atoms with Crippen molar-refractivity contribution in [2.24, 2.45) is 0 Å². The number of anilines is 5. The molecule has 0 spiro atoms. The molecule has 0 saturated carbocycles. The second kappa shape index (κ2) is 13.7. The number of piperidine rings is 1. The first-order valence-electron chi connectivity index (χ1n) is 15.6. The Morgan fingerprint density at radius 3 is 2.51 bits per heavy atom. The van der Waals surface area contributed by atoms with Crippen molar-refractivity contribution in [1.29, 1.82) is 5.26 Å². The summed E-state index contributed by atoms with van der Waals surface area (Å²) >= 11 is 3.56. The van der Waals surface area contributed by atoms with Crippen LogP contribution in [0.25, 0.3) is 11.0 Å². The Kier molecular flexibility index (Phi) is 9.67. The first-order chi connectivity index (χ1) is 22.5. The molecule has 2 fully saturated rings. The van der Waals surface area contributed by atoms with Gasteiger partial charge in [0.15, 0.2) is 0 Å². The number of benzene rings is 2. The zero-order valence-corrected chi connectivity index (χ0v) is 29.8. The van der Waals surface area contributed by atoms with E-state index < -0.39 is 7.14 Å². The molecular formula is C33H40BrN10O2P. The SMILES string of the molecule is COc1cc(N2CCC(N3CC(N(C)C)C3)CC2)c(CC#N)cc1Nc1ncc(Br)c(Nc2ccc3nccnc3c2P(C)(C)=O)n1. The molecule has 6 rings (SSSR count). The van der Waals surface area contributed by atoms with Gasteiger partial charge in [-0.05, 0) is 80.0 Å². The summed E-state index contributed by atoms with van der Waals surface area (Å²) in [6.07, 6.45) is 7.31. The number of ether oxygens (including phenoxy) is 1. The number of rotatable bonds is 10. The van der Waals surface area contributed by atoms with E-state index in [4.69, 9.17) is 9.72 Å². The van der Waals surface area contributed by atoms with Gasteiger partial charge >= 0.3 is 0 Å². The highest BCUT2D eigenvalue weighted by Crippen LogP contribution is 2.42. The third-order valence-electron chi connectivity index (χ3n) is 9.01. The van der Waals surface area contributed by atoms with E-state index in [1.807, 2.05) is 24.3 Å². The number of methoxy groups -OCH3 is 1. The highest BCUT2D eigenvalue weighted by molar-refractivity contribution is 9.10. The third-order valence-corrected chi connectivity index (χ3v) is 11.1. The third kappa shape index (κ3) is 7.06. The normalized spacial score (nSPS) is 16.3. The minimum atomic E-state index is -2.76. The number of hydrogen-bond acceptors (Lipinski definition) is 12. The zero-order chi connectivity index (χ0) is 33.3. The maximum Gasteiger partial charge on any atom is 0.229 e. The van der Waals surface area contributed by atoms with E-state index >= 15 is 0 Å². The van der Waals surface area contributed by atoms with E-state index in [1.165, 1.54) is 0 Å². The number of nitriles is 1. The van der Waals surface area contributed by atoms with Crippen LogP contribution in [0.5, 0.6) is 5.75 Å². The second-order valence-electron chi connectivity index (χ2n) is 12.7. The van der Waals surface area contributed by atoms with Gasteiger partial charge in [-0.1, -0.05) is 0 Å². The molecule has 47 heavy (non-hydrogen) atoms. The lowest BCUT2D eigenvalue weighted by molar-refractivity contribution is 0.0188. The molecule has 0 bridgehead atoms. The van der Waals surface area contributed by atoms with Crippen LogP contribution in [0.15, 0.2) is 47.3 Å². The lowest BCUT2D eigenvalue weighted by atomic mass is 9.96. The maximum atomic E-state index is 13.4. The van der Waals surface area contributed by atoms with E-state index in [0.29, 0.717) is 61.8 Å². The number of aromatic nitrogens is 4. The van der Waals surface area contributed by atoms with Crippen molar-refractivity contribution in [2.75, 3.05) is 76.2 Å². The number of hydrogen-bond donors (Lipinski definition) is 2. The molecule has 2 aliphatic rings. The van der Waals surface area contributed by atoms with Gasteiger partial charge in [-0.25, -0.2) is 4.98 Å². The second-order valence-corrected chi connectivity index (χ2v) is 16.7. The van der Waals surface area contributed by atoms with Crippen molar-refractivity contribution < 1.29 is 9.30 Å². The molecule has 4 aromatic rings. The fraction of sp³-hybridized carbons (Fsp3) is 0.424. The molecule has 2 aromatic carbocycles. The van der Waals surface area contributed by atoms with Gasteiger partial charge in [0.1, 0.15) is 24.2 Å². The van der Waals surface area contributed by atoms with Crippen LogP contribution in [-0.4, -0.2) is 103 Å². The van der Waals surface area contributed by atoms with Gasteiger partial charge in [0.05, 0.1) is 46.3 Å². The van der Waals surface area contributed by atoms with Crippen LogP contribution in [0, 0.1) is 11.3 Å². The summed E-state index contributed by atoms with van der Waals surface area (Å²) in [5, 5.41) is 17.0. The maximum absolute atomic E-state index is 13.4. The summed E-state index contributed by atoms with van der Waals surface area (Å²) in [4.78, 5) is 25.4. The molecule has 0 amide bonds. The van der Waals surface area contributed by atoms with Crippen LogP contribution < -0.4 is 25.6 Å². The van der Waals surface area contributed by atoms with Crippen LogP contribution in [0.4, 0.5) is 28.8 Å². The molecule has 246 valence electrons. The van der Waals surface area contributed by atoms with Crippen molar-refractivity contribution in [3.8, 4) is 11.8 Å². The number of likely N-dealkylation sites (tertiary alicyclic amines) is 1. The monoisotopic (exact) mass is 718 g/mol. The van der Waals surface area contributed by atoms with Gasteiger partial charge in [-0.3, -0.25) is 14.9 Å². The van der Waals surface area contributed by atoms with Crippen molar-refractivity contribution in [1.82, 2.24) is 29.7 Å². The molecule has 0 radical (unpaired) electrons. The molecular weight excluding hydrogens is 679 g/mol. The average molecular weight is 720 g/mol. The summed E-state index contributed by atoms with van der Waals surface area (Å²) in [5.41, 5.74) is 4.50. The smallest absolute Gasteiger partial charge is 0.229 e. The highest BCUT2D eigenvalue weighted by atomic mass is 79.9. The molecule has 2 saturated heterocycles. The van der Waals surface area contributed by atoms with Gasteiger partial charge in [0.25, 0.3) is 0 Å². The van der Waals surface area contributed by atoms with Crippen molar-refractivity contribution >= 4 is 68.2 Å². The minimum Gasteiger partial charge on any atom is -0.494 e. The predicted molar refractivity (Wildman–Crippen MR) is 192 cm³/mol. The van der Waals surface area contributed by atoms with E-state index in [0.717, 1.165) is 50.3 Å². The molecule has 0 aliphatic carbocycles. The molecule has 2 N–H and O–H groups in total. The Labute approximate surface area is 284 Å². The molecule has 2 aliphatic heterocycles. The summed E-state index contributed by atoms with van der Waals surface area (Å²) in [7, 11) is 3.18. The van der Waals surface area contributed by atoms with Crippen molar-refractivity contribution in [2.45, 2.75) is 31.3 Å². The lowest BCUT2D eigenvalue weighted by Gasteiger charge is -2.49. The molecule has 0 unspecified atom stereocenters. The molecule has 0 atom stereocenters. The highest BCUT2D eigenvalue weighted by Gasteiger charge is 2.35. The number of likely N-dealkylation sites (N-methyl/N-ethyl adjacent to an activating group) is 1. The largest absolute Gasteiger partial charge is 0.494 e. The first-order valence-corrected chi connectivity index (χ1v) is 19.0. The standard InChI is InChI=1S/C33H40BrN10O2P/c1-42(2)23-19-44(20-23)22-9-14-43(15-10-22)28-17-29(46-3)27(16-21(28)8-11-35)40-33-38-18-24(34)32(41-33)39-26-7-6-25-30(37-13-12-36-25)31(26)47(4,5)45/h6-7,12-13,16-18,22-23H,8-10,14-15,19-20H2,1-5H3,(H2,38,39,40,41). The summed E-state index contributed by atoms with van der Waals surface area (Å²) < 4.78 is 19.9. The van der Waals surface area contributed by atoms with Crippen LogP contribution in [0.2, 0.25) is 0 Å². The number of nitrogens with one attached hydrogen (secondary N) is 2. The van der Waals surface area contributed by atoms with Crippen LogP contribution >= 0.6 is 23.1 Å². The van der Waals surface area contributed by atoms with Gasteiger partial charge < -0.3 is 29.7 Å². The van der Waals surface area contributed by atoms with E-state index in [9.17, 15) is 9.83 Å². The lowest BCUT2D eigenvalue weighted by Crippen LogP contribution is -2.62. The van der Waals surface area contributed by atoms with Gasteiger partial charge in [-0.2, -0.15) is 10.2 Å². The predicted octanol–water partition coefficient (Wildman–Crippen LogP) is 5.21. The number of fused-ring (bicyclic) bond motifs is 1. The summed E-state index contributed by atoms with van der Waals surface area (Å²) in [5.74, 6) is 1.44. The van der Waals surface area contributed by atoms with Crippen LogP contribution in [0.1, 0.15) is 18.4 Å². The van der Waals surface area contributed by atoms with Crippen LogP contribution in [-0.2, 0) is 11.0 Å². The Bertz CT molecular complexity index is 1860. The quantitative estimate of drug-likeness (QED) is 0.209. The summed E-state index contributed by atoms with van der Waals surface area (Å²) in [6.45, 7) is 7.56. The molecule has 14 heteroatoms. The van der Waals surface area contributed by atoms with Gasteiger partial charge in [0.2, 0.25) is 5.95 Å². The fourth-order valence-corrected chi connectivity index (χ4v) is 8.10. The minimum absolute atomic E-state index is 0.264. The Morgan fingerprint density at radius 2 is 1.83 bits per heavy atom. The first kappa shape index (κ1) is 33.1. The topological polar surface area (TPSA) is 135 Å². The van der Waals surface area contributed by atoms with E-state index in [2.05, 4.69) is 76.4 Å². The van der Waals surface area contributed by atoms with E-state index in [1.54, 1.807) is 39.0 Å². The molecule has 12 nitrogen and oxygen atoms in total. The van der Waals surface area contributed by atoms with Crippen molar-refractivity contribution in [3.05, 3.63) is 52.9 Å².